The van der Waals surface area contributed by atoms with Crippen LogP contribution in [0.4, 0.5) is 0 Å². The van der Waals surface area contributed by atoms with Crippen molar-refractivity contribution in [2.24, 2.45) is 0 Å². The lowest BCUT2D eigenvalue weighted by atomic mass is 10.1. The molecule has 0 spiro atoms. The summed E-state index contributed by atoms with van der Waals surface area (Å²) in [5.74, 6) is 0.751. The Labute approximate surface area is 158 Å². The van der Waals surface area contributed by atoms with Crippen LogP contribution in [0.1, 0.15) is 24.0 Å². The van der Waals surface area contributed by atoms with Gasteiger partial charge in [0.25, 0.3) is 0 Å². The number of nitrogens with one attached hydrogen (secondary N) is 2. The van der Waals surface area contributed by atoms with Gasteiger partial charge >= 0.3 is 0 Å². The summed E-state index contributed by atoms with van der Waals surface area (Å²) in [6.45, 7) is 4.86. The van der Waals surface area contributed by atoms with Crippen molar-refractivity contribution in [2.75, 3.05) is 19.7 Å². The Balaban J connectivity index is 1.61. The Morgan fingerprint density at radius 2 is 1.85 bits per heavy atom. The van der Waals surface area contributed by atoms with E-state index in [-0.39, 0.29) is 23.2 Å². The van der Waals surface area contributed by atoms with Crippen LogP contribution in [0.15, 0.2) is 39.9 Å². The van der Waals surface area contributed by atoms with Crippen molar-refractivity contribution >= 4 is 27.3 Å². The molecule has 1 heterocycles. The van der Waals surface area contributed by atoms with E-state index in [9.17, 15) is 13.2 Å². The number of hydrogen-bond acceptors (Lipinski definition) is 5. The van der Waals surface area contributed by atoms with Crippen molar-refractivity contribution in [3.05, 3.63) is 46.8 Å². The van der Waals surface area contributed by atoms with Gasteiger partial charge in [0.2, 0.25) is 15.9 Å². The van der Waals surface area contributed by atoms with E-state index in [1.165, 1.54) is 0 Å². The molecule has 0 atom stereocenters. The van der Waals surface area contributed by atoms with E-state index in [0.29, 0.717) is 19.4 Å². The number of thiophene rings is 1. The van der Waals surface area contributed by atoms with E-state index in [4.69, 9.17) is 4.74 Å². The lowest BCUT2D eigenvalue weighted by Gasteiger charge is -2.12. The highest BCUT2D eigenvalue weighted by Gasteiger charge is 2.14. The van der Waals surface area contributed by atoms with Gasteiger partial charge in [0.1, 0.15) is 9.96 Å². The summed E-state index contributed by atoms with van der Waals surface area (Å²) in [6, 6.07) is 9.19. The largest absolute Gasteiger partial charge is 0.493 e. The predicted octanol–water partition coefficient (Wildman–Crippen LogP) is 2.62. The quantitative estimate of drug-likeness (QED) is 0.605. The number of carbonyl (C=O) groups excluding carboxylic acids is 1. The molecule has 0 fully saturated rings. The first kappa shape index (κ1) is 20.4. The number of ether oxygens (including phenoxy) is 1. The molecule has 6 nitrogen and oxygen atoms in total. The zero-order valence-corrected chi connectivity index (χ0v) is 16.6. The standard InChI is InChI=1S/C18H24N2O4S2/c1-14-6-3-7-15(2)18(14)24-12-4-8-16(21)19-10-11-20-26(22,23)17-9-5-13-25-17/h3,5-7,9,13,20H,4,8,10-12H2,1-2H3,(H,19,21). The molecule has 2 rings (SSSR count). The van der Waals surface area contributed by atoms with Crippen molar-refractivity contribution in [3.8, 4) is 5.75 Å². The van der Waals surface area contributed by atoms with E-state index in [1.54, 1.807) is 17.5 Å². The topological polar surface area (TPSA) is 84.5 Å². The number of sulfonamides is 1. The maximum atomic E-state index is 11.9. The molecule has 8 heteroatoms. The van der Waals surface area contributed by atoms with E-state index in [0.717, 1.165) is 28.2 Å². The van der Waals surface area contributed by atoms with Crippen molar-refractivity contribution < 1.29 is 17.9 Å². The molecule has 1 aromatic carbocycles. The van der Waals surface area contributed by atoms with Gasteiger partial charge in [-0.3, -0.25) is 4.79 Å². The highest BCUT2D eigenvalue weighted by atomic mass is 32.2. The van der Waals surface area contributed by atoms with E-state index < -0.39 is 10.0 Å². The zero-order valence-electron chi connectivity index (χ0n) is 14.9. The van der Waals surface area contributed by atoms with Crippen LogP contribution in [0.2, 0.25) is 0 Å². The molecule has 1 aromatic heterocycles. The normalized spacial score (nSPS) is 11.3. The highest BCUT2D eigenvalue weighted by molar-refractivity contribution is 7.91. The second kappa shape index (κ2) is 9.70. The Kier molecular flexibility index (Phi) is 7.62. The van der Waals surface area contributed by atoms with Crippen LogP contribution in [-0.4, -0.2) is 34.0 Å². The fourth-order valence-electron chi connectivity index (χ4n) is 2.40. The first-order valence-electron chi connectivity index (χ1n) is 8.39. The number of rotatable bonds is 10. The molecule has 0 bridgehead atoms. The van der Waals surface area contributed by atoms with Crippen LogP contribution in [0.25, 0.3) is 0 Å². The van der Waals surface area contributed by atoms with E-state index in [1.807, 2.05) is 32.0 Å². The number of benzene rings is 1. The predicted molar refractivity (Wildman–Crippen MR) is 103 cm³/mol. The second-order valence-electron chi connectivity index (χ2n) is 5.85. The van der Waals surface area contributed by atoms with E-state index in [2.05, 4.69) is 10.0 Å². The smallest absolute Gasteiger partial charge is 0.250 e. The molecule has 0 aliphatic heterocycles. The summed E-state index contributed by atoms with van der Waals surface area (Å²) in [5.41, 5.74) is 2.15. The minimum absolute atomic E-state index is 0.120. The lowest BCUT2D eigenvalue weighted by molar-refractivity contribution is -0.121. The molecule has 0 aliphatic carbocycles. The van der Waals surface area contributed by atoms with Gasteiger partial charge < -0.3 is 10.1 Å². The van der Waals surface area contributed by atoms with Crippen LogP contribution in [0.3, 0.4) is 0 Å². The first-order chi connectivity index (χ1) is 12.4. The van der Waals surface area contributed by atoms with Gasteiger partial charge in [-0.25, -0.2) is 13.1 Å². The minimum Gasteiger partial charge on any atom is -0.493 e. The number of aryl methyl sites for hydroxylation is 2. The van der Waals surface area contributed by atoms with Gasteiger partial charge in [-0.15, -0.1) is 11.3 Å². The average molecular weight is 397 g/mol. The van der Waals surface area contributed by atoms with Crippen LogP contribution >= 0.6 is 11.3 Å². The molecular weight excluding hydrogens is 372 g/mol. The van der Waals surface area contributed by atoms with Crippen molar-refractivity contribution in [1.29, 1.82) is 0 Å². The van der Waals surface area contributed by atoms with Crippen LogP contribution in [0.5, 0.6) is 5.75 Å². The second-order valence-corrected chi connectivity index (χ2v) is 8.79. The van der Waals surface area contributed by atoms with Gasteiger partial charge in [-0.1, -0.05) is 24.3 Å². The molecule has 142 valence electrons. The molecule has 26 heavy (non-hydrogen) atoms. The monoisotopic (exact) mass is 396 g/mol. The summed E-state index contributed by atoms with van der Waals surface area (Å²) in [5, 5.41) is 4.41. The molecule has 2 N–H and O–H groups in total. The Hall–Kier alpha value is -1.90. The van der Waals surface area contributed by atoms with Gasteiger partial charge in [-0.05, 0) is 42.8 Å². The summed E-state index contributed by atoms with van der Waals surface area (Å²) in [7, 11) is -3.48. The Morgan fingerprint density at radius 1 is 1.12 bits per heavy atom. The van der Waals surface area contributed by atoms with Gasteiger partial charge in [0, 0.05) is 19.5 Å². The third-order valence-electron chi connectivity index (χ3n) is 3.70. The number of hydrogen-bond donors (Lipinski definition) is 2. The SMILES string of the molecule is Cc1cccc(C)c1OCCCC(=O)NCCNS(=O)(=O)c1cccs1. The zero-order chi connectivity index (χ0) is 19.0. The average Bonchev–Trinajstić information content (AvgIpc) is 3.13. The molecule has 2 aromatic rings. The summed E-state index contributed by atoms with van der Waals surface area (Å²) in [6.07, 6.45) is 0.934. The van der Waals surface area contributed by atoms with Gasteiger partial charge in [0.05, 0.1) is 6.61 Å². The molecule has 0 saturated carbocycles. The van der Waals surface area contributed by atoms with Gasteiger partial charge in [0.15, 0.2) is 0 Å². The van der Waals surface area contributed by atoms with Gasteiger partial charge in [-0.2, -0.15) is 0 Å². The number of amides is 1. The maximum absolute atomic E-state index is 11.9. The van der Waals surface area contributed by atoms with E-state index >= 15 is 0 Å². The Bertz CT molecular complexity index is 797. The summed E-state index contributed by atoms with van der Waals surface area (Å²) in [4.78, 5) is 11.8. The molecule has 1 amide bonds. The maximum Gasteiger partial charge on any atom is 0.250 e. The number of para-hydroxylation sites is 1. The summed E-state index contributed by atoms with van der Waals surface area (Å²) >= 11 is 1.16. The minimum atomic E-state index is -3.48. The lowest BCUT2D eigenvalue weighted by Crippen LogP contribution is -2.34. The van der Waals surface area contributed by atoms with Crippen molar-refractivity contribution in [3.63, 3.8) is 0 Å². The van der Waals surface area contributed by atoms with Crippen LogP contribution < -0.4 is 14.8 Å². The summed E-state index contributed by atoms with van der Waals surface area (Å²) < 4.78 is 32.3. The fraction of sp³-hybridized carbons (Fsp3) is 0.389. The molecule has 0 unspecified atom stereocenters. The number of carbonyl (C=O) groups is 1. The molecule has 0 saturated heterocycles. The van der Waals surface area contributed by atoms with Crippen molar-refractivity contribution in [1.82, 2.24) is 10.0 Å². The first-order valence-corrected chi connectivity index (χ1v) is 10.8. The highest BCUT2D eigenvalue weighted by Crippen LogP contribution is 2.22. The third kappa shape index (κ3) is 6.12. The van der Waals surface area contributed by atoms with Crippen molar-refractivity contribution in [2.45, 2.75) is 30.9 Å². The fourth-order valence-corrected chi connectivity index (χ4v) is 4.47. The molecular formula is C18H24N2O4S2. The van der Waals surface area contributed by atoms with Crippen LogP contribution in [-0.2, 0) is 14.8 Å². The Morgan fingerprint density at radius 3 is 2.50 bits per heavy atom. The van der Waals surface area contributed by atoms with Crippen LogP contribution in [0, 0.1) is 13.8 Å². The molecule has 0 radical (unpaired) electrons. The molecule has 0 aliphatic rings. The third-order valence-corrected chi connectivity index (χ3v) is 6.56.